The maximum Gasteiger partial charge on any atom is 0.0794 e. The number of thiophene rings is 1. The predicted molar refractivity (Wildman–Crippen MR) is 73.1 cm³/mol. The predicted octanol–water partition coefficient (Wildman–Crippen LogP) is 3.27. The molecule has 0 aliphatic carbocycles. The van der Waals surface area contributed by atoms with Crippen LogP contribution < -0.4 is 5.32 Å². The molecule has 0 bridgehead atoms. The molecule has 0 aliphatic rings. The second-order valence-electron chi connectivity index (χ2n) is 4.61. The molecule has 0 amide bonds. The Kier molecular flexibility index (Phi) is 4.34. The third-order valence-electron chi connectivity index (χ3n) is 2.70. The van der Waals surface area contributed by atoms with Gasteiger partial charge in [0.25, 0.3) is 0 Å². The minimum Gasteiger partial charge on any atom is -0.313 e. The molecule has 2 N–H and O–H groups in total. The maximum absolute atomic E-state index is 4.13. The summed E-state index contributed by atoms with van der Waals surface area (Å²) in [7, 11) is 0. The van der Waals surface area contributed by atoms with Gasteiger partial charge in [0.1, 0.15) is 0 Å². The average molecular weight is 249 g/mol. The lowest BCUT2D eigenvalue weighted by atomic mass is 10.1. The Bertz CT molecular complexity index is 431. The number of hydrogen-bond donors (Lipinski definition) is 2. The van der Waals surface area contributed by atoms with E-state index in [1.165, 1.54) is 16.9 Å². The third-order valence-corrected chi connectivity index (χ3v) is 3.59. The molecule has 2 aromatic rings. The van der Waals surface area contributed by atoms with Gasteiger partial charge in [-0.2, -0.15) is 5.10 Å². The lowest BCUT2D eigenvalue weighted by molar-refractivity contribution is 0.538. The number of nitrogens with zero attached hydrogens (tertiary/aromatic N) is 1. The van der Waals surface area contributed by atoms with Gasteiger partial charge in [-0.3, -0.25) is 5.10 Å². The van der Waals surface area contributed by atoms with Gasteiger partial charge in [0, 0.05) is 12.1 Å². The molecule has 0 fully saturated rings. The van der Waals surface area contributed by atoms with Crippen LogP contribution in [0.15, 0.2) is 23.7 Å². The summed E-state index contributed by atoms with van der Waals surface area (Å²) < 4.78 is 0. The first-order valence-electron chi connectivity index (χ1n) is 6.04. The van der Waals surface area contributed by atoms with Gasteiger partial charge in [-0.1, -0.05) is 19.9 Å². The highest BCUT2D eigenvalue weighted by molar-refractivity contribution is 7.13. The molecule has 17 heavy (non-hydrogen) atoms. The zero-order valence-electron chi connectivity index (χ0n) is 10.4. The molecule has 0 saturated heterocycles. The van der Waals surface area contributed by atoms with Crippen LogP contribution in [0.4, 0.5) is 0 Å². The summed E-state index contributed by atoms with van der Waals surface area (Å²) in [4.78, 5) is 1.25. The second-order valence-corrected chi connectivity index (χ2v) is 5.55. The highest BCUT2D eigenvalue weighted by Gasteiger charge is 2.07. The largest absolute Gasteiger partial charge is 0.313 e. The van der Waals surface area contributed by atoms with Crippen LogP contribution in [0.2, 0.25) is 0 Å². The Labute approximate surface area is 106 Å². The second kappa shape index (κ2) is 5.98. The lowest BCUT2D eigenvalue weighted by Gasteiger charge is -2.06. The standard InChI is InChI=1S/C13H19N3S/c1-10(2)5-6-14-8-11-9-15-16-13(11)12-4-3-7-17-12/h3-4,7,9-10,14H,5-6,8H2,1-2H3,(H,15,16). The molecule has 2 aromatic heterocycles. The number of nitrogens with one attached hydrogen (secondary N) is 2. The maximum atomic E-state index is 4.13. The molecule has 0 atom stereocenters. The van der Waals surface area contributed by atoms with E-state index >= 15 is 0 Å². The summed E-state index contributed by atoms with van der Waals surface area (Å²) >= 11 is 1.74. The quantitative estimate of drug-likeness (QED) is 0.771. The summed E-state index contributed by atoms with van der Waals surface area (Å²) in [6, 6.07) is 4.19. The van der Waals surface area contributed by atoms with E-state index < -0.39 is 0 Å². The summed E-state index contributed by atoms with van der Waals surface area (Å²) in [5.74, 6) is 0.753. The smallest absolute Gasteiger partial charge is 0.0794 e. The average Bonchev–Trinajstić information content (AvgIpc) is 2.94. The van der Waals surface area contributed by atoms with Crippen molar-refractivity contribution in [2.75, 3.05) is 6.54 Å². The molecule has 3 nitrogen and oxygen atoms in total. The van der Waals surface area contributed by atoms with Crippen molar-refractivity contribution >= 4 is 11.3 Å². The number of H-pyrrole nitrogens is 1. The monoisotopic (exact) mass is 249 g/mol. The molecule has 2 heterocycles. The first-order chi connectivity index (χ1) is 8.27. The topological polar surface area (TPSA) is 40.7 Å². The molecule has 0 aromatic carbocycles. The van der Waals surface area contributed by atoms with Crippen molar-refractivity contribution in [3.05, 3.63) is 29.3 Å². The van der Waals surface area contributed by atoms with E-state index in [-0.39, 0.29) is 0 Å². The van der Waals surface area contributed by atoms with E-state index in [1.54, 1.807) is 11.3 Å². The summed E-state index contributed by atoms with van der Waals surface area (Å²) in [6.07, 6.45) is 3.13. The molecule has 0 saturated carbocycles. The van der Waals surface area contributed by atoms with Gasteiger partial charge in [0.15, 0.2) is 0 Å². The van der Waals surface area contributed by atoms with Crippen molar-refractivity contribution in [1.29, 1.82) is 0 Å². The number of hydrogen-bond acceptors (Lipinski definition) is 3. The number of aromatic nitrogens is 2. The van der Waals surface area contributed by atoms with Crippen LogP contribution in [0.25, 0.3) is 10.6 Å². The number of rotatable bonds is 6. The van der Waals surface area contributed by atoms with Crippen LogP contribution in [0.5, 0.6) is 0 Å². The Balaban J connectivity index is 1.91. The van der Waals surface area contributed by atoms with E-state index in [0.29, 0.717) is 0 Å². The summed E-state index contributed by atoms with van der Waals surface area (Å²) in [6.45, 7) is 6.44. The molecular weight excluding hydrogens is 230 g/mol. The van der Waals surface area contributed by atoms with Crippen LogP contribution >= 0.6 is 11.3 Å². The molecule has 0 aliphatic heterocycles. The zero-order chi connectivity index (χ0) is 12.1. The molecule has 0 unspecified atom stereocenters. The van der Waals surface area contributed by atoms with Crippen molar-refractivity contribution in [1.82, 2.24) is 15.5 Å². The third kappa shape index (κ3) is 3.41. The Morgan fingerprint density at radius 3 is 3.06 bits per heavy atom. The fraction of sp³-hybridized carbons (Fsp3) is 0.462. The minimum atomic E-state index is 0.753. The molecule has 92 valence electrons. The SMILES string of the molecule is CC(C)CCNCc1cn[nH]c1-c1cccs1. The van der Waals surface area contributed by atoms with Crippen LogP contribution in [0, 0.1) is 5.92 Å². The van der Waals surface area contributed by atoms with E-state index in [4.69, 9.17) is 0 Å². The van der Waals surface area contributed by atoms with Gasteiger partial charge in [-0.15, -0.1) is 11.3 Å². The van der Waals surface area contributed by atoms with Crippen molar-refractivity contribution in [3.63, 3.8) is 0 Å². The number of aromatic amines is 1. The first kappa shape index (κ1) is 12.3. The Morgan fingerprint density at radius 2 is 2.35 bits per heavy atom. The molecule has 4 heteroatoms. The van der Waals surface area contributed by atoms with E-state index in [1.807, 2.05) is 6.20 Å². The molecule has 0 spiro atoms. The van der Waals surface area contributed by atoms with Gasteiger partial charge in [-0.25, -0.2) is 0 Å². The van der Waals surface area contributed by atoms with E-state index in [2.05, 4.69) is 46.9 Å². The Morgan fingerprint density at radius 1 is 1.47 bits per heavy atom. The highest BCUT2D eigenvalue weighted by atomic mass is 32.1. The zero-order valence-corrected chi connectivity index (χ0v) is 11.2. The molecule has 2 rings (SSSR count). The van der Waals surface area contributed by atoms with Gasteiger partial charge in [-0.05, 0) is 30.3 Å². The van der Waals surface area contributed by atoms with Crippen LogP contribution in [0.1, 0.15) is 25.8 Å². The Hall–Kier alpha value is -1.13. The van der Waals surface area contributed by atoms with Gasteiger partial charge in [0.2, 0.25) is 0 Å². The summed E-state index contributed by atoms with van der Waals surface area (Å²) in [5, 5.41) is 12.8. The van der Waals surface area contributed by atoms with E-state index in [0.717, 1.165) is 24.7 Å². The van der Waals surface area contributed by atoms with Gasteiger partial charge >= 0.3 is 0 Å². The van der Waals surface area contributed by atoms with Crippen LogP contribution in [0.3, 0.4) is 0 Å². The van der Waals surface area contributed by atoms with Crippen LogP contribution in [-0.2, 0) is 6.54 Å². The van der Waals surface area contributed by atoms with Gasteiger partial charge in [0.05, 0.1) is 16.8 Å². The molecular formula is C13H19N3S. The van der Waals surface area contributed by atoms with Crippen molar-refractivity contribution in [2.24, 2.45) is 5.92 Å². The van der Waals surface area contributed by atoms with Crippen molar-refractivity contribution < 1.29 is 0 Å². The van der Waals surface area contributed by atoms with Crippen molar-refractivity contribution in [2.45, 2.75) is 26.8 Å². The molecule has 0 radical (unpaired) electrons. The fourth-order valence-electron chi connectivity index (χ4n) is 1.69. The fourth-order valence-corrected chi connectivity index (χ4v) is 2.45. The van der Waals surface area contributed by atoms with Crippen molar-refractivity contribution in [3.8, 4) is 10.6 Å². The van der Waals surface area contributed by atoms with E-state index in [9.17, 15) is 0 Å². The first-order valence-corrected chi connectivity index (χ1v) is 6.92. The minimum absolute atomic E-state index is 0.753. The van der Waals surface area contributed by atoms with Crippen LogP contribution in [-0.4, -0.2) is 16.7 Å². The summed E-state index contributed by atoms with van der Waals surface area (Å²) in [5.41, 5.74) is 2.40. The normalized spacial score (nSPS) is 11.2. The highest BCUT2D eigenvalue weighted by Crippen LogP contribution is 2.25. The lowest BCUT2D eigenvalue weighted by Crippen LogP contribution is -2.16. The van der Waals surface area contributed by atoms with Gasteiger partial charge < -0.3 is 5.32 Å².